The largest absolute Gasteiger partial charge is 0.483 e. The normalized spacial score (nSPS) is 10.8. The van der Waals surface area contributed by atoms with E-state index in [1.807, 2.05) is 73.7 Å². The van der Waals surface area contributed by atoms with Gasteiger partial charge in [0, 0.05) is 11.5 Å². The van der Waals surface area contributed by atoms with Crippen molar-refractivity contribution in [3.05, 3.63) is 78.0 Å². The fourth-order valence-corrected chi connectivity index (χ4v) is 3.20. The van der Waals surface area contributed by atoms with E-state index in [0.717, 1.165) is 34.3 Å². The van der Waals surface area contributed by atoms with Crippen molar-refractivity contribution in [1.82, 2.24) is 14.8 Å². The van der Waals surface area contributed by atoms with Crippen molar-refractivity contribution >= 4 is 22.6 Å². The summed E-state index contributed by atoms with van der Waals surface area (Å²) in [6.07, 6.45) is 0.845. The van der Waals surface area contributed by atoms with E-state index in [0.29, 0.717) is 11.6 Å². The van der Waals surface area contributed by atoms with Gasteiger partial charge in [-0.2, -0.15) is 9.78 Å². The van der Waals surface area contributed by atoms with Crippen molar-refractivity contribution < 1.29 is 9.53 Å². The quantitative estimate of drug-likeness (QED) is 0.536. The molecule has 2 heterocycles. The van der Waals surface area contributed by atoms with Gasteiger partial charge in [0.1, 0.15) is 11.6 Å². The maximum absolute atomic E-state index is 12.5. The standard InChI is InChI=1S/C23H22N4O2/c1-3-17-8-5-7-11-20(17)29-15-23(28)25-22-14-16(2)26-27(22)21-13-12-18-9-4-6-10-19(18)24-21/h4-14H,3,15H2,1-2H3,(H,25,28). The molecule has 0 saturated carbocycles. The van der Waals surface area contributed by atoms with Crippen molar-refractivity contribution in [2.45, 2.75) is 20.3 Å². The summed E-state index contributed by atoms with van der Waals surface area (Å²) in [5.41, 5.74) is 2.73. The van der Waals surface area contributed by atoms with E-state index in [1.165, 1.54) is 0 Å². The van der Waals surface area contributed by atoms with Crippen LogP contribution >= 0.6 is 0 Å². The van der Waals surface area contributed by atoms with Crippen LogP contribution in [0.5, 0.6) is 5.75 Å². The molecule has 0 aliphatic carbocycles. The molecule has 6 nitrogen and oxygen atoms in total. The highest BCUT2D eigenvalue weighted by atomic mass is 16.5. The monoisotopic (exact) mass is 386 g/mol. The van der Waals surface area contributed by atoms with Gasteiger partial charge in [-0.05, 0) is 43.2 Å². The van der Waals surface area contributed by atoms with Crippen molar-refractivity contribution in [2.75, 3.05) is 11.9 Å². The highest BCUT2D eigenvalue weighted by Gasteiger charge is 2.13. The molecule has 1 amide bonds. The van der Waals surface area contributed by atoms with E-state index in [-0.39, 0.29) is 12.5 Å². The number of fused-ring (bicyclic) bond motifs is 1. The molecule has 2 aromatic carbocycles. The number of rotatable bonds is 6. The molecule has 0 unspecified atom stereocenters. The molecular weight excluding hydrogens is 364 g/mol. The second-order valence-corrected chi connectivity index (χ2v) is 6.74. The molecule has 2 aromatic heterocycles. The number of nitrogens with zero attached hydrogens (tertiary/aromatic N) is 3. The summed E-state index contributed by atoms with van der Waals surface area (Å²) in [6, 6.07) is 21.3. The van der Waals surface area contributed by atoms with Gasteiger partial charge in [0.05, 0.1) is 11.2 Å². The molecule has 29 heavy (non-hydrogen) atoms. The lowest BCUT2D eigenvalue weighted by Gasteiger charge is -2.11. The van der Waals surface area contributed by atoms with Gasteiger partial charge >= 0.3 is 0 Å². The summed E-state index contributed by atoms with van der Waals surface area (Å²) in [5.74, 6) is 1.68. The first kappa shape index (κ1) is 18.7. The van der Waals surface area contributed by atoms with Crippen LogP contribution in [0.25, 0.3) is 16.7 Å². The molecule has 0 aliphatic rings. The molecule has 0 saturated heterocycles. The molecular formula is C23H22N4O2. The smallest absolute Gasteiger partial charge is 0.263 e. The molecule has 0 atom stereocenters. The van der Waals surface area contributed by atoms with Crippen LogP contribution in [0.2, 0.25) is 0 Å². The van der Waals surface area contributed by atoms with Gasteiger partial charge < -0.3 is 10.1 Å². The zero-order valence-corrected chi connectivity index (χ0v) is 16.4. The molecule has 4 rings (SSSR count). The summed E-state index contributed by atoms with van der Waals surface area (Å²) < 4.78 is 7.35. The number of pyridine rings is 1. The Kier molecular flexibility index (Phi) is 5.24. The fraction of sp³-hybridized carbons (Fsp3) is 0.174. The van der Waals surface area contributed by atoms with Gasteiger partial charge in [-0.1, -0.05) is 43.3 Å². The van der Waals surface area contributed by atoms with E-state index in [4.69, 9.17) is 4.74 Å². The fourth-order valence-electron chi connectivity index (χ4n) is 3.20. The lowest BCUT2D eigenvalue weighted by Crippen LogP contribution is -2.22. The van der Waals surface area contributed by atoms with E-state index in [9.17, 15) is 4.79 Å². The second-order valence-electron chi connectivity index (χ2n) is 6.74. The van der Waals surface area contributed by atoms with Crippen LogP contribution in [0.3, 0.4) is 0 Å². The van der Waals surface area contributed by atoms with Gasteiger partial charge in [-0.25, -0.2) is 4.98 Å². The number of amides is 1. The third-order valence-corrected chi connectivity index (χ3v) is 4.61. The molecule has 0 fully saturated rings. The van der Waals surface area contributed by atoms with Crippen molar-refractivity contribution in [3.63, 3.8) is 0 Å². The predicted octanol–water partition coefficient (Wildman–Crippen LogP) is 4.31. The number of nitrogens with one attached hydrogen (secondary N) is 1. The number of carbonyl (C=O) groups excluding carboxylic acids is 1. The molecule has 0 bridgehead atoms. The lowest BCUT2D eigenvalue weighted by molar-refractivity contribution is -0.118. The second kappa shape index (κ2) is 8.14. The molecule has 6 heteroatoms. The average Bonchev–Trinajstić information content (AvgIpc) is 3.12. The molecule has 146 valence electrons. The Bertz CT molecular complexity index is 1170. The Hall–Kier alpha value is -3.67. The summed E-state index contributed by atoms with van der Waals surface area (Å²) >= 11 is 0. The van der Waals surface area contributed by atoms with Gasteiger partial charge in [0.25, 0.3) is 5.91 Å². The summed E-state index contributed by atoms with van der Waals surface area (Å²) in [4.78, 5) is 17.2. The number of hydrogen-bond acceptors (Lipinski definition) is 4. The maximum atomic E-state index is 12.5. The first-order valence-corrected chi connectivity index (χ1v) is 9.57. The number of aryl methyl sites for hydroxylation is 2. The zero-order chi connectivity index (χ0) is 20.2. The van der Waals surface area contributed by atoms with Crippen LogP contribution in [0, 0.1) is 6.92 Å². The topological polar surface area (TPSA) is 69.0 Å². The van der Waals surface area contributed by atoms with Crippen molar-refractivity contribution in [2.24, 2.45) is 0 Å². The molecule has 0 aliphatic heterocycles. The third-order valence-electron chi connectivity index (χ3n) is 4.61. The van der Waals surface area contributed by atoms with E-state index < -0.39 is 0 Å². The number of ether oxygens (including phenoxy) is 1. The van der Waals surface area contributed by atoms with Crippen LogP contribution < -0.4 is 10.1 Å². The Labute approximate surface area is 169 Å². The van der Waals surface area contributed by atoms with Gasteiger partial charge in [-0.15, -0.1) is 0 Å². The molecule has 4 aromatic rings. The van der Waals surface area contributed by atoms with E-state index >= 15 is 0 Å². The number of carbonyl (C=O) groups is 1. The van der Waals surface area contributed by atoms with Crippen molar-refractivity contribution in [3.8, 4) is 11.6 Å². The summed E-state index contributed by atoms with van der Waals surface area (Å²) in [6.45, 7) is 3.85. The summed E-state index contributed by atoms with van der Waals surface area (Å²) in [5, 5.41) is 8.42. The first-order valence-electron chi connectivity index (χ1n) is 9.57. The van der Waals surface area contributed by atoms with Crippen LogP contribution in [0.15, 0.2) is 66.7 Å². The van der Waals surface area contributed by atoms with Gasteiger partial charge in [0.2, 0.25) is 0 Å². The molecule has 1 N–H and O–H groups in total. The minimum Gasteiger partial charge on any atom is -0.483 e. The van der Waals surface area contributed by atoms with Crippen molar-refractivity contribution in [1.29, 1.82) is 0 Å². The average molecular weight is 386 g/mol. The minimum atomic E-state index is -0.252. The minimum absolute atomic E-state index is 0.0770. The van der Waals surface area contributed by atoms with Crippen LogP contribution in [-0.4, -0.2) is 27.3 Å². The number of anilines is 1. The zero-order valence-electron chi connectivity index (χ0n) is 16.4. The van der Waals surface area contributed by atoms with Gasteiger partial charge in [0.15, 0.2) is 12.4 Å². The highest BCUT2D eigenvalue weighted by molar-refractivity contribution is 5.91. The number of benzene rings is 2. The lowest BCUT2D eigenvalue weighted by atomic mass is 10.1. The van der Waals surface area contributed by atoms with E-state index in [1.54, 1.807) is 4.68 Å². The Morgan fingerprint density at radius 3 is 2.72 bits per heavy atom. The Morgan fingerprint density at radius 2 is 1.86 bits per heavy atom. The SMILES string of the molecule is CCc1ccccc1OCC(=O)Nc1cc(C)nn1-c1ccc2ccccc2n1. The Balaban J connectivity index is 1.52. The third kappa shape index (κ3) is 4.11. The maximum Gasteiger partial charge on any atom is 0.263 e. The Morgan fingerprint density at radius 1 is 1.07 bits per heavy atom. The predicted molar refractivity (Wildman–Crippen MR) is 114 cm³/mol. The molecule has 0 spiro atoms. The number of aromatic nitrogens is 3. The van der Waals surface area contributed by atoms with E-state index in [2.05, 4.69) is 22.3 Å². The first-order chi connectivity index (χ1) is 14.1. The van der Waals surface area contributed by atoms with Gasteiger partial charge in [-0.3, -0.25) is 4.79 Å². The number of para-hydroxylation sites is 2. The highest BCUT2D eigenvalue weighted by Crippen LogP contribution is 2.20. The number of hydrogen-bond donors (Lipinski definition) is 1. The van der Waals surface area contributed by atoms with Crippen LogP contribution in [0.1, 0.15) is 18.2 Å². The van der Waals surface area contributed by atoms with Crippen LogP contribution in [0.4, 0.5) is 5.82 Å². The molecule has 0 radical (unpaired) electrons. The van der Waals surface area contributed by atoms with Crippen LogP contribution in [-0.2, 0) is 11.2 Å². The summed E-state index contributed by atoms with van der Waals surface area (Å²) in [7, 11) is 0.